The van der Waals surface area contributed by atoms with E-state index in [0.717, 1.165) is 25.2 Å². The first-order valence-electron chi connectivity index (χ1n) is 7.08. The number of hydrogen-bond donors (Lipinski definition) is 1. The highest BCUT2D eigenvalue weighted by Crippen LogP contribution is 2.29. The summed E-state index contributed by atoms with van der Waals surface area (Å²) in [5.74, 6) is 1.14. The Labute approximate surface area is 121 Å². The van der Waals surface area contributed by atoms with Crippen LogP contribution in [0.15, 0.2) is 18.2 Å². The Kier molecular flexibility index (Phi) is 4.70. The third kappa shape index (κ3) is 3.96. The second-order valence-electron chi connectivity index (χ2n) is 5.59. The highest BCUT2D eigenvalue weighted by molar-refractivity contribution is 7.90. The molecule has 0 bridgehead atoms. The molecule has 2 rings (SSSR count). The van der Waals surface area contributed by atoms with Crippen LogP contribution in [0.2, 0.25) is 0 Å². The fourth-order valence-corrected chi connectivity index (χ4v) is 3.72. The van der Waals surface area contributed by atoms with Crippen molar-refractivity contribution in [1.82, 2.24) is 5.32 Å². The molecular weight excluding hydrogens is 274 g/mol. The van der Waals surface area contributed by atoms with E-state index in [2.05, 4.69) is 24.4 Å². The lowest BCUT2D eigenvalue weighted by atomic mass is 10.00. The predicted octanol–water partition coefficient (Wildman–Crippen LogP) is 2.10. The summed E-state index contributed by atoms with van der Waals surface area (Å²) in [6.45, 7) is 4.78. The predicted molar refractivity (Wildman–Crippen MR) is 81.0 cm³/mol. The number of sulfone groups is 1. The Bertz CT molecular complexity index is 568. The molecule has 1 N–H and O–H groups in total. The molecule has 20 heavy (non-hydrogen) atoms. The SMILES string of the molecule is CCC(NC(C)CS(C)(=O)=O)c1ccc2c(c1)CCO2. The van der Waals surface area contributed by atoms with Gasteiger partial charge in [-0.05, 0) is 30.5 Å². The molecule has 0 saturated heterocycles. The average Bonchev–Trinajstić information content (AvgIpc) is 2.80. The van der Waals surface area contributed by atoms with E-state index in [4.69, 9.17) is 4.74 Å². The maximum atomic E-state index is 11.3. The van der Waals surface area contributed by atoms with E-state index in [9.17, 15) is 8.42 Å². The third-order valence-corrected chi connectivity index (χ3v) is 4.67. The average molecular weight is 297 g/mol. The van der Waals surface area contributed by atoms with Crippen LogP contribution in [0.5, 0.6) is 5.75 Å². The molecule has 0 saturated carbocycles. The molecule has 1 aromatic rings. The van der Waals surface area contributed by atoms with Crippen molar-refractivity contribution in [2.45, 2.75) is 38.8 Å². The Morgan fingerprint density at radius 2 is 2.15 bits per heavy atom. The zero-order valence-electron chi connectivity index (χ0n) is 12.3. The number of hydrogen-bond acceptors (Lipinski definition) is 4. The molecule has 0 aromatic heterocycles. The number of benzene rings is 1. The Balaban J connectivity index is 2.08. The van der Waals surface area contributed by atoms with Gasteiger partial charge in [0.15, 0.2) is 0 Å². The van der Waals surface area contributed by atoms with Gasteiger partial charge in [-0.15, -0.1) is 0 Å². The van der Waals surface area contributed by atoms with Gasteiger partial charge in [0.25, 0.3) is 0 Å². The molecule has 1 aliphatic rings. The summed E-state index contributed by atoms with van der Waals surface area (Å²) in [6.07, 6.45) is 3.16. The van der Waals surface area contributed by atoms with Gasteiger partial charge < -0.3 is 10.1 Å². The van der Waals surface area contributed by atoms with Crippen molar-refractivity contribution < 1.29 is 13.2 Å². The van der Waals surface area contributed by atoms with Crippen LogP contribution >= 0.6 is 0 Å². The first kappa shape index (κ1) is 15.3. The maximum Gasteiger partial charge on any atom is 0.148 e. The van der Waals surface area contributed by atoms with Gasteiger partial charge in [0.1, 0.15) is 15.6 Å². The molecule has 4 nitrogen and oxygen atoms in total. The number of ether oxygens (including phenoxy) is 1. The third-order valence-electron chi connectivity index (χ3n) is 3.56. The van der Waals surface area contributed by atoms with Crippen molar-refractivity contribution in [2.24, 2.45) is 0 Å². The molecule has 1 aliphatic heterocycles. The molecular formula is C15H23NO3S. The quantitative estimate of drug-likeness (QED) is 0.873. The number of fused-ring (bicyclic) bond motifs is 1. The summed E-state index contributed by atoms with van der Waals surface area (Å²) in [5.41, 5.74) is 2.45. The van der Waals surface area contributed by atoms with Crippen LogP contribution in [0.4, 0.5) is 0 Å². The monoisotopic (exact) mass is 297 g/mol. The number of rotatable bonds is 6. The van der Waals surface area contributed by atoms with Gasteiger partial charge in [0, 0.05) is 24.8 Å². The smallest absolute Gasteiger partial charge is 0.148 e. The summed E-state index contributed by atoms with van der Waals surface area (Å²) in [5, 5.41) is 3.41. The van der Waals surface area contributed by atoms with Crippen LogP contribution < -0.4 is 10.1 Å². The summed E-state index contributed by atoms with van der Waals surface area (Å²) >= 11 is 0. The minimum atomic E-state index is -2.95. The molecule has 2 atom stereocenters. The highest BCUT2D eigenvalue weighted by atomic mass is 32.2. The summed E-state index contributed by atoms with van der Waals surface area (Å²) in [4.78, 5) is 0. The molecule has 1 heterocycles. The molecule has 112 valence electrons. The molecule has 0 spiro atoms. The van der Waals surface area contributed by atoms with E-state index in [1.165, 1.54) is 17.4 Å². The summed E-state index contributed by atoms with van der Waals surface area (Å²) < 4.78 is 28.2. The van der Waals surface area contributed by atoms with Gasteiger partial charge in [0.05, 0.1) is 12.4 Å². The molecule has 1 aromatic carbocycles. The van der Waals surface area contributed by atoms with Crippen molar-refractivity contribution in [3.05, 3.63) is 29.3 Å². The van der Waals surface area contributed by atoms with Gasteiger partial charge in [-0.1, -0.05) is 19.1 Å². The zero-order valence-corrected chi connectivity index (χ0v) is 13.2. The van der Waals surface area contributed by atoms with Crippen LogP contribution in [-0.4, -0.2) is 33.1 Å². The fourth-order valence-electron chi connectivity index (χ4n) is 2.72. The van der Waals surface area contributed by atoms with Crippen LogP contribution in [0.1, 0.15) is 37.4 Å². The molecule has 0 aliphatic carbocycles. The molecule has 0 amide bonds. The van der Waals surface area contributed by atoms with E-state index in [0.29, 0.717) is 0 Å². The van der Waals surface area contributed by atoms with Gasteiger partial charge in [0.2, 0.25) is 0 Å². The van der Waals surface area contributed by atoms with Crippen molar-refractivity contribution in [2.75, 3.05) is 18.6 Å². The van der Waals surface area contributed by atoms with Gasteiger partial charge in [-0.2, -0.15) is 0 Å². The first-order chi connectivity index (χ1) is 9.39. The van der Waals surface area contributed by atoms with Crippen LogP contribution in [0, 0.1) is 0 Å². The number of nitrogens with one attached hydrogen (secondary N) is 1. The van der Waals surface area contributed by atoms with Gasteiger partial charge in [-0.25, -0.2) is 8.42 Å². The second-order valence-corrected chi connectivity index (χ2v) is 7.77. The van der Waals surface area contributed by atoms with Crippen molar-refractivity contribution >= 4 is 9.84 Å². The van der Waals surface area contributed by atoms with Crippen molar-refractivity contribution in [3.8, 4) is 5.75 Å². The van der Waals surface area contributed by atoms with Crippen molar-refractivity contribution in [1.29, 1.82) is 0 Å². The van der Waals surface area contributed by atoms with E-state index < -0.39 is 9.84 Å². The second kappa shape index (κ2) is 6.14. The van der Waals surface area contributed by atoms with Gasteiger partial charge >= 0.3 is 0 Å². The van der Waals surface area contributed by atoms with Gasteiger partial charge in [-0.3, -0.25) is 0 Å². The first-order valence-corrected chi connectivity index (χ1v) is 9.14. The lowest BCUT2D eigenvalue weighted by Gasteiger charge is -2.22. The Morgan fingerprint density at radius 1 is 1.40 bits per heavy atom. The molecule has 5 heteroatoms. The maximum absolute atomic E-state index is 11.3. The van der Waals surface area contributed by atoms with E-state index >= 15 is 0 Å². The summed E-state index contributed by atoms with van der Waals surface area (Å²) in [7, 11) is -2.95. The lowest BCUT2D eigenvalue weighted by Crippen LogP contribution is -2.35. The molecule has 0 fully saturated rings. The Hall–Kier alpha value is -1.07. The topological polar surface area (TPSA) is 55.4 Å². The molecule has 2 unspecified atom stereocenters. The lowest BCUT2D eigenvalue weighted by molar-refractivity contribution is 0.356. The largest absolute Gasteiger partial charge is 0.493 e. The normalized spacial score (nSPS) is 17.4. The van der Waals surface area contributed by atoms with Crippen LogP contribution in [0.25, 0.3) is 0 Å². The van der Waals surface area contributed by atoms with E-state index in [-0.39, 0.29) is 17.8 Å². The van der Waals surface area contributed by atoms with Crippen molar-refractivity contribution in [3.63, 3.8) is 0 Å². The van der Waals surface area contributed by atoms with Crippen LogP contribution in [0.3, 0.4) is 0 Å². The Morgan fingerprint density at radius 3 is 2.80 bits per heavy atom. The molecule has 0 radical (unpaired) electrons. The summed E-state index contributed by atoms with van der Waals surface area (Å²) in [6, 6.07) is 6.38. The minimum absolute atomic E-state index is 0.0561. The zero-order chi connectivity index (χ0) is 14.8. The minimum Gasteiger partial charge on any atom is -0.493 e. The van der Waals surface area contributed by atoms with E-state index in [1.54, 1.807) is 0 Å². The standard InChI is InChI=1S/C15H23NO3S/c1-4-14(16-11(2)10-20(3,17)18)12-5-6-15-13(9-12)7-8-19-15/h5-6,9,11,14,16H,4,7-8,10H2,1-3H3. The highest BCUT2D eigenvalue weighted by Gasteiger charge is 2.19. The van der Waals surface area contributed by atoms with Crippen LogP contribution in [-0.2, 0) is 16.3 Å². The van der Waals surface area contributed by atoms with E-state index in [1.807, 2.05) is 13.0 Å². The fraction of sp³-hybridized carbons (Fsp3) is 0.600.